The van der Waals surface area contributed by atoms with Crippen LogP contribution in [0.3, 0.4) is 0 Å². The average Bonchev–Trinajstić information content (AvgIpc) is 2.92. The van der Waals surface area contributed by atoms with Crippen molar-refractivity contribution < 1.29 is 14.7 Å². The summed E-state index contributed by atoms with van der Waals surface area (Å²) >= 11 is 0. The van der Waals surface area contributed by atoms with Gasteiger partial charge in [-0.1, -0.05) is 13.3 Å². The molecule has 14 heavy (non-hydrogen) atoms. The number of carboxylic acids is 1. The number of hydrogen-bond donors (Lipinski definition) is 1. The Morgan fingerprint density at radius 3 is 2.50 bits per heavy atom. The van der Waals surface area contributed by atoms with Crippen LogP contribution in [0.4, 0.5) is 0 Å². The van der Waals surface area contributed by atoms with E-state index in [-0.39, 0.29) is 11.8 Å². The minimum absolute atomic E-state index is 0.00847. The molecule has 2 atom stereocenters. The first-order chi connectivity index (χ1) is 6.57. The van der Waals surface area contributed by atoms with Gasteiger partial charge in [-0.15, -0.1) is 0 Å². The molecule has 1 N–H and O–H groups in total. The molecule has 4 nitrogen and oxygen atoms in total. The van der Waals surface area contributed by atoms with Crippen LogP contribution >= 0.6 is 0 Å². The molecule has 0 heterocycles. The van der Waals surface area contributed by atoms with E-state index in [1.807, 2.05) is 0 Å². The van der Waals surface area contributed by atoms with Gasteiger partial charge < -0.3 is 10.0 Å². The quantitative estimate of drug-likeness (QED) is 0.717. The first-order valence-corrected chi connectivity index (χ1v) is 5.05. The summed E-state index contributed by atoms with van der Waals surface area (Å²) in [4.78, 5) is 23.8. The Morgan fingerprint density at radius 2 is 2.07 bits per heavy atom. The molecule has 80 valence electrons. The summed E-state index contributed by atoms with van der Waals surface area (Å²) in [6, 6.07) is 0. The van der Waals surface area contributed by atoms with Gasteiger partial charge in [0.1, 0.15) is 0 Å². The van der Waals surface area contributed by atoms with Crippen molar-refractivity contribution in [3.8, 4) is 0 Å². The molecule has 1 amide bonds. The van der Waals surface area contributed by atoms with Gasteiger partial charge in [-0.05, 0) is 12.8 Å². The molecule has 1 rings (SSSR count). The first-order valence-electron chi connectivity index (χ1n) is 5.05. The number of carbonyl (C=O) groups excluding carboxylic acids is 1. The van der Waals surface area contributed by atoms with Gasteiger partial charge in [0.05, 0.1) is 11.8 Å². The Hall–Kier alpha value is -1.06. The maximum atomic E-state index is 11.6. The summed E-state index contributed by atoms with van der Waals surface area (Å²) in [6.45, 7) is 2.80. The lowest BCUT2D eigenvalue weighted by Gasteiger charge is -2.16. The highest BCUT2D eigenvalue weighted by atomic mass is 16.4. The van der Waals surface area contributed by atoms with Crippen LogP contribution in [0.15, 0.2) is 0 Å². The predicted octanol–water partition coefficient (Wildman–Crippen LogP) is 0.966. The van der Waals surface area contributed by atoms with Crippen molar-refractivity contribution >= 4 is 11.9 Å². The third-order valence-corrected chi connectivity index (χ3v) is 2.65. The summed E-state index contributed by atoms with van der Waals surface area (Å²) in [5.41, 5.74) is 0. The van der Waals surface area contributed by atoms with E-state index >= 15 is 0 Å². The molecule has 0 spiro atoms. The van der Waals surface area contributed by atoms with E-state index in [9.17, 15) is 9.59 Å². The van der Waals surface area contributed by atoms with Gasteiger partial charge in [0.25, 0.3) is 0 Å². The zero-order valence-electron chi connectivity index (χ0n) is 8.69. The molecule has 1 aliphatic rings. The predicted molar refractivity (Wildman–Crippen MR) is 51.8 cm³/mol. The van der Waals surface area contributed by atoms with Gasteiger partial charge in [0.15, 0.2) is 0 Å². The second-order valence-electron chi connectivity index (χ2n) is 3.90. The van der Waals surface area contributed by atoms with Crippen molar-refractivity contribution in [3.05, 3.63) is 0 Å². The van der Waals surface area contributed by atoms with Crippen LogP contribution < -0.4 is 0 Å². The maximum absolute atomic E-state index is 11.6. The Morgan fingerprint density at radius 1 is 1.43 bits per heavy atom. The summed E-state index contributed by atoms with van der Waals surface area (Å²) in [5, 5.41) is 8.66. The summed E-state index contributed by atoms with van der Waals surface area (Å²) in [6.07, 6.45) is 2.54. The van der Waals surface area contributed by atoms with Gasteiger partial charge in [0.2, 0.25) is 5.91 Å². The molecule has 0 saturated heterocycles. The van der Waals surface area contributed by atoms with Crippen LogP contribution in [-0.2, 0) is 9.59 Å². The molecular weight excluding hydrogens is 182 g/mol. The molecule has 1 saturated carbocycles. The second kappa shape index (κ2) is 4.44. The number of hydrogen-bond acceptors (Lipinski definition) is 2. The lowest BCUT2D eigenvalue weighted by Crippen LogP contribution is -2.30. The van der Waals surface area contributed by atoms with Crippen molar-refractivity contribution in [2.75, 3.05) is 13.6 Å². The molecule has 1 fully saturated rings. The average molecular weight is 199 g/mol. The van der Waals surface area contributed by atoms with Crippen molar-refractivity contribution in [1.82, 2.24) is 4.90 Å². The Kier molecular flexibility index (Phi) is 3.49. The van der Waals surface area contributed by atoms with E-state index in [4.69, 9.17) is 5.11 Å². The van der Waals surface area contributed by atoms with E-state index in [1.54, 1.807) is 11.9 Å². The smallest absolute Gasteiger partial charge is 0.307 e. The summed E-state index contributed by atoms with van der Waals surface area (Å²) < 4.78 is 0. The number of nitrogens with zero attached hydrogens (tertiary/aromatic N) is 1. The molecule has 0 aromatic rings. The second-order valence-corrected chi connectivity index (χ2v) is 3.90. The number of amides is 1. The van der Waals surface area contributed by atoms with E-state index in [0.717, 1.165) is 19.4 Å². The Labute approximate surface area is 83.9 Å². The van der Waals surface area contributed by atoms with Crippen LogP contribution in [-0.4, -0.2) is 35.5 Å². The van der Waals surface area contributed by atoms with E-state index in [2.05, 4.69) is 6.92 Å². The SMILES string of the molecule is CCCCN(C)C(=O)[C@@H]1C[C@@H]1C(=O)O. The highest BCUT2D eigenvalue weighted by molar-refractivity contribution is 5.89. The minimum Gasteiger partial charge on any atom is -0.481 e. The molecule has 0 unspecified atom stereocenters. The first kappa shape index (κ1) is 11.0. The molecule has 0 bridgehead atoms. The van der Waals surface area contributed by atoms with E-state index < -0.39 is 11.9 Å². The lowest BCUT2D eigenvalue weighted by atomic mass is 10.2. The Balaban J connectivity index is 2.32. The van der Waals surface area contributed by atoms with Crippen LogP contribution in [0.25, 0.3) is 0 Å². The highest BCUT2D eigenvalue weighted by Crippen LogP contribution is 2.39. The van der Waals surface area contributed by atoms with E-state index in [1.165, 1.54) is 0 Å². The van der Waals surface area contributed by atoms with Crippen LogP contribution in [0.1, 0.15) is 26.2 Å². The molecule has 0 aliphatic heterocycles. The topological polar surface area (TPSA) is 57.6 Å². The van der Waals surface area contributed by atoms with Crippen LogP contribution in [0.2, 0.25) is 0 Å². The molecule has 4 heteroatoms. The van der Waals surface area contributed by atoms with Crippen LogP contribution in [0.5, 0.6) is 0 Å². The zero-order valence-corrected chi connectivity index (χ0v) is 8.69. The van der Waals surface area contributed by atoms with Gasteiger partial charge in [-0.2, -0.15) is 0 Å². The van der Waals surface area contributed by atoms with E-state index in [0.29, 0.717) is 6.42 Å². The molecule has 0 aromatic heterocycles. The van der Waals surface area contributed by atoms with Crippen molar-refractivity contribution in [3.63, 3.8) is 0 Å². The molecule has 1 aliphatic carbocycles. The number of carboxylic acid groups (broad SMARTS) is 1. The fourth-order valence-corrected chi connectivity index (χ4v) is 1.53. The lowest BCUT2D eigenvalue weighted by molar-refractivity contribution is -0.141. The normalized spacial score (nSPS) is 24.4. The third-order valence-electron chi connectivity index (χ3n) is 2.65. The van der Waals surface area contributed by atoms with Crippen LogP contribution in [0, 0.1) is 11.8 Å². The van der Waals surface area contributed by atoms with Gasteiger partial charge in [-0.25, -0.2) is 0 Å². The Bertz CT molecular complexity index is 240. The summed E-state index contributed by atoms with van der Waals surface area (Å²) in [5.74, 6) is -1.53. The molecule has 0 aromatic carbocycles. The number of rotatable bonds is 5. The maximum Gasteiger partial charge on any atom is 0.307 e. The van der Waals surface area contributed by atoms with Gasteiger partial charge in [-0.3, -0.25) is 9.59 Å². The third kappa shape index (κ3) is 2.47. The molecular formula is C10H17NO3. The monoisotopic (exact) mass is 199 g/mol. The fraction of sp³-hybridized carbons (Fsp3) is 0.800. The fourth-order valence-electron chi connectivity index (χ4n) is 1.53. The van der Waals surface area contributed by atoms with Crippen molar-refractivity contribution in [2.45, 2.75) is 26.2 Å². The molecule has 0 radical (unpaired) electrons. The van der Waals surface area contributed by atoms with Crippen molar-refractivity contribution in [1.29, 1.82) is 0 Å². The van der Waals surface area contributed by atoms with Gasteiger partial charge >= 0.3 is 5.97 Å². The number of aliphatic carboxylic acids is 1. The highest BCUT2D eigenvalue weighted by Gasteiger charge is 2.49. The number of carbonyl (C=O) groups is 2. The summed E-state index contributed by atoms with van der Waals surface area (Å²) in [7, 11) is 1.75. The minimum atomic E-state index is -0.841. The zero-order chi connectivity index (χ0) is 10.7. The largest absolute Gasteiger partial charge is 0.481 e. The standard InChI is InChI=1S/C10H17NO3/c1-3-4-5-11(2)9(12)7-6-8(7)10(13)14/h7-8H,3-6H2,1-2H3,(H,13,14)/t7-,8+/m1/s1. The van der Waals surface area contributed by atoms with Gasteiger partial charge in [0, 0.05) is 13.6 Å². The number of unbranched alkanes of at least 4 members (excludes halogenated alkanes) is 1. The van der Waals surface area contributed by atoms with Crippen molar-refractivity contribution in [2.24, 2.45) is 11.8 Å².